The normalized spacial score (nSPS) is 12.5. The van der Waals surface area contributed by atoms with Crippen LogP contribution >= 0.6 is 11.3 Å². The minimum atomic E-state index is -4.59. The van der Waals surface area contributed by atoms with Gasteiger partial charge in [-0.2, -0.15) is 13.2 Å². The van der Waals surface area contributed by atoms with Gasteiger partial charge in [-0.3, -0.25) is 0 Å². The third kappa shape index (κ3) is 5.42. The molecule has 3 N–H and O–H groups in total. The fourth-order valence-electron chi connectivity index (χ4n) is 3.29. The van der Waals surface area contributed by atoms with Crippen molar-refractivity contribution in [2.45, 2.75) is 18.8 Å². The van der Waals surface area contributed by atoms with E-state index < -0.39 is 17.8 Å². The molecule has 0 aliphatic heterocycles. The summed E-state index contributed by atoms with van der Waals surface area (Å²) in [5.41, 5.74) is 8.37. The summed E-state index contributed by atoms with van der Waals surface area (Å²) in [5, 5.41) is 11.2. The molecule has 0 amide bonds. The van der Waals surface area contributed by atoms with E-state index in [2.05, 4.69) is 4.98 Å². The zero-order valence-electron chi connectivity index (χ0n) is 17.4. The fourth-order valence-corrected chi connectivity index (χ4v) is 4.11. The van der Waals surface area contributed by atoms with Crippen LogP contribution in [0.25, 0.3) is 22.4 Å². The van der Waals surface area contributed by atoms with Gasteiger partial charge in [0.15, 0.2) is 0 Å². The van der Waals surface area contributed by atoms with Crippen molar-refractivity contribution in [1.82, 2.24) is 4.98 Å². The number of hydrogen-bond donors (Lipinski definition) is 2. The lowest BCUT2D eigenvalue weighted by Crippen LogP contribution is -2.14. The average molecular weight is 471 g/mol. The largest absolute Gasteiger partial charge is 0.488 e. The zero-order valence-corrected chi connectivity index (χ0v) is 18.2. The van der Waals surface area contributed by atoms with E-state index in [1.54, 1.807) is 5.38 Å². The lowest BCUT2D eigenvalue weighted by atomic mass is 10.0. The monoisotopic (exact) mass is 470 g/mol. The Morgan fingerprint density at radius 2 is 1.61 bits per heavy atom. The number of rotatable bonds is 7. The van der Waals surface area contributed by atoms with Gasteiger partial charge in [0.05, 0.1) is 23.9 Å². The Morgan fingerprint density at radius 1 is 0.939 bits per heavy atom. The standard InChI is InChI=1S/C25H21F3N2O2S/c26-25(27,28)20-12-19(22-15-33-24(30-22)21(29)13-31)10-11-23(20)32-14-16-6-8-18(9-7-16)17-4-2-1-3-5-17/h1-12,15,21,31H,13-14,29H2. The van der Waals surface area contributed by atoms with E-state index in [1.807, 2.05) is 54.6 Å². The highest BCUT2D eigenvalue weighted by atomic mass is 32.1. The van der Waals surface area contributed by atoms with E-state index in [0.29, 0.717) is 16.3 Å². The number of halogens is 3. The van der Waals surface area contributed by atoms with E-state index in [4.69, 9.17) is 15.6 Å². The third-order valence-electron chi connectivity index (χ3n) is 5.07. The second-order valence-electron chi connectivity index (χ2n) is 7.42. The highest BCUT2D eigenvalue weighted by molar-refractivity contribution is 7.10. The van der Waals surface area contributed by atoms with Crippen molar-refractivity contribution in [3.8, 4) is 28.1 Å². The Labute approximate surface area is 193 Å². The summed E-state index contributed by atoms with van der Waals surface area (Å²) in [6.45, 7) is -0.288. The summed E-state index contributed by atoms with van der Waals surface area (Å²) in [6.07, 6.45) is -4.59. The molecule has 0 aliphatic rings. The number of hydrogen-bond acceptors (Lipinski definition) is 5. The van der Waals surface area contributed by atoms with Gasteiger partial charge in [-0.1, -0.05) is 54.6 Å². The molecule has 1 heterocycles. The van der Waals surface area contributed by atoms with Crippen LogP contribution in [0.15, 0.2) is 78.2 Å². The Bertz CT molecular complexity index is 1210. The van der Waals surface area contributed by atoms with Crippen molar-refractivity contribution in [3.05, 3.63) is 94.3 Å². The first-order valence-electron chi connectivity index (χ1n) is 10.2. The molecule has 0 spiro atoms. The molecule has 0 aliphatic carbocycles. The predicted molar refractivity (Wildman–Crippen MR) is 123 cm³/mol. The van der Waals surface area contributed by atoms with Crippen LogP contribution in [0.2, 0.25) is 0 Å². The predicted octanol–water partition coefficient (Wildman–Crippen LogP) is 6.07. The molecule has 33 heavy (non-hydrogen) atoms. The minimum Gasteiger partial charge on any atom is -0.488 e. The molecule has 0 fully saturated rings. The number of nitrogens with two attached hydrogens (primary N) is 1. The molecule has 0 saturated carbocycles. The second-order valence-corrected chi connectivity index (χ2v) is 8.31. The molecule has 170 valence electrons. The lowest BCUT2D eigenvalue weighted by molar-refractivity contribution is -0.139. The molecule has 0 saturated heterocycles. The molecule has 4 rings (SSSR count). The average Bonchev–Trinajstić information content (AvgIpc) is 3.33. The van der Waals surface area contributed by atoms with Crippen LogP contribution in [0.5, 0.6) is 5.75 Å². The van der Waals surface area contributed by atoms with Gasteiger partial charge < -0.3 is 15.6 Å². The first-order chi connectivity index (χ1) is 15.8. The quantitative estimate of drug-likeness (QED) is 0.344. The van der Waals surface area contributed by atoms with Gasteiger partial charge in [-0.25, -0.2) is 4.98 Å². The number of aliphatic hydroxyl groups is 1. The number of benzene rings is 3. The maximum atomic E-state index is 13.7. The van der Waals surface area contributed by atoms with Crippen molar-refractivity contribution in [1.29, 1.82) is 0 Å². The Balaban J connectivity index is 1.53. The van der Waals surface area contributed by atoms with Crippen molar-refractivity contribution in [3.63, 3.8) is 0 Å². The van der Waals surface area contributed by atoms with Gasteiger partial charge in [0.2, 0.25) is 0 Å². The summed E-state index contributed by atoms with van der Waals surface area (Å²) in [6, 6.07) is 20.5. The minimum absolute atomic E-state index is 0.00367. The summed E-state index contributed by atoms with van der Waals surface area (Å²) in [5.74, 6) is -0.249. The zero-order chi connectivity index (χ0) is 23.4. The summed E-state index contributed by atoms with van der Waals surface area (Å²) in [7, 11) is 0. The Morgan fingerprint density at radius 3 is 2.27 bits per heavy atom. The van der Waals surface area contributed by atoms with Crippen LogP contribution in [-0.2, 0) is 12.8 Å². The second kappa shape index (κ2) is 9.74. The molecular weight excluding hydrogens is 449 g/mol. The number of thiazole rings is 1. The van der Waals surface area contributed by atoms with Crippen molar-refractivity contribution in [2.75, 3.05) is 6.61 Å². The van der Waals surface area contributed by atoms with Crippen LogP contribution in [0.4, 0.5) is 13.2 Å². The van der Waals surface area contributed by atoms with Crippen molar-refractivity contribution >= 4 is 11.3 Å². The van der Waals surface area contributed by atoms with Gasteiger partial charge in [0.1, 0.15) is 17.4 Å². The number of alkyl halides is 3. The molecule has 8 heteroatoms. The molecule has 1 atom stereocenters. The molecule has 1 unspecified atom stereocenters. The van der Waals surface area contributed by atoms with Crippen molar-refractivity contribution < 1.29 is 23.0 Å². The van der Waals surface area contributed by atoms with E-state index in [9.17, 15) is 13.2 Å². The van der Waals surface area contributed by atoms with Crippen molar-refractivity contribution in [2.24, 2.45) is 5.73 Å². The summed E-state index contributed by atoms with van der Waals surface area (Å²) in [4.78, 5) is 4.26. The van der Waals surface area contributed by atoms with Gasteiger partial charge in [-0.15, -0.1) is 11.3 Å². The lowest BCUT2D eigenvalue weighted by Gasteiger charge is -2.15. The van der Waals surface area contributed by atoms with E-state index >= 15 is 0 Å². The summed E-state index contributed by atoms with van der Waals surface area (Å²) < 4.78 is 46.8. The van der Waals surface area contributed by atoms with Crippen LogP contribution in [-0.4, -0.2) is 16.7 Å². The first kappa shape index (κ1) is 23.0. The van der Waals surface area contributed by atoms with Gasteiger partial charge in [0.25, 0.3) is 0 Å². The molecule has 0 radical (unpaired) electrons. The van der Waals surface area contributed by atoms with Gasteiger partial charge in [-0.05, 0) is 34.9 Å². The van der Waals surface area contributed by atoms with Crippen LogP contribution in [0.1, 0.15) is 22.2 Å². The number of aliphatic hydroxyl groups excluding tert-OH is 1. The third-order valence-corrected chi connectivity index (χ3v) is 6.05. The smallest absolute Gasteiger partial charge is 0.419 e. The first-order valence-corrected chi connectivity index (χ1v) is 11.0. The number of nitrogens with zero attached hydrogens (tertiary/aromatic N) is 1. The van der Waals surface area contributed by atoms with Crippen LogP contribution < -0.4 is 10.5 Å². The molecule has 3 aromatic carbocycles. The maximum absolute atomic E-state index is 13.7. The van der Waals surface area contributed by atoms with Crippen LogP contribution in [0.3, 0.4) is 0 Å². The topological polar surface area (TPSA) is 68.4 Å². The van der Waals surface area contributed by atoms with E-state index in [0.717, 1.165) is 22.8 Å². The number of aromatic nitrogens is 1. The van der Waals surface area contributed by atoms with Gasteiger partial charge >= 0.3 is 6.18 Å². The van der Waals surface area contributed by atoms with E-state index in [-0.39, 0.29) is 19.0 Å². The molecule has 4 nitrogen and oxygen atoms in total. The Hall–Kier alpha value is -3.20. The molecular formula is C25H21F3N2O2S. The SMILES string of the molecule is NC(CO)c1nc(-c2ccc(OCc3ccc(-c4ccccc4)cc3)c(C(F)(F)F)c2)cs1. The van der Waals surface area contributed by atoms with Gasteiger partial charge in [0, 0.05) is 10.9 Å². The molecule has 1 aromatic heterocycles. The number of ether oxygens (including phenoxy) is 1. The summed E-state index contributed by atoms with van der Waals surface area (Å²) >= 11 is 1.19. The highest BCUT2D eigenvalue weighted by Crippen LogP contribution is 2.39. The maximum Gasteiger partial charge on any atom is 0.419 e. The Kier molecular flexibility index (Phi) is 6.78. The highest BCUT2D eigenvalue weighted by Gasteiger charge is 2.35. The molecule has 4 aromatic rings. The fraction of sp³-hybridized carbons (Fsp3) is 0.160. The van der Waals surface area contributed by atoms with Crippen LogP contribution in [0, 0.1) is 0 Å². The van der Waals surface area contributed by atoms with E-state index in [1.165, 1.54) is 23.5 Å². The molecule has 0 bridgehead atoms.